The van der Waals surface area contributed by atoms with Crippen molar-refractivity contribution in [3.05, 3.63) is 45.6 Å². The summed E-state index contributed by atoms with van der Waals surface area (Å²) in [6, 6.07) is 8.70. The smallest absolute Gasteiger partial charge is 0.261 e. The van der Waals surface area contributed by atoms with Gasteiger partial charge in [-0.25, -0.2) is 0 Å². The highest BCUT2D eigenvalue weighted by Crippen LogP contribution is 2.30. The molecule has 0 spiro atoms. The first kappa shape index (κ1) is 17.2. The Balaban J connectivity index is 1.48. The third-order valence-corrected chi connectivity index (χ3v) is 5.10. The van der Waals surface area contributed by atoms with Crippen molar-refractivity contribution in [1.82, 2.24) is 5.32 Å². The molecule has 0 fully saturated rings. The van der Waals surface area contributed by atoms with E-state index in [2.05, 4.69) is 16.0 Å². The van der Waals surface area contributed by atoms with E-state index in [1.807, 2.05) is 6.07 Å². The lowest BCUT2D eigenvalue weighted by Gasteiger charge is -2.07. The maximum absolute atomic E-state index is 12.1. The molecule has 0 unspecified atom stereocenters. The molecule has 130 valence electrons. The van der Waals surface area contributed by atoms with Gasteiger partial charge < -0.3 is 16.0 Å². The number of hydrogen-bond donors (Lipinski definition) is 3. The Kier molecular flexibility index (Phi) is 5.14. The van der Waals surface area contributed by atoms with Crippen molar-refractivity contribution in [3.63, 3.8) is 0 Å². The molecule has 1 heterocycles. The molecule has 1 aromatic heterocycles. The molecule has 2 aromatic rings. The number of carbonyl (C=O) groups excluding carboxylic acids is 3. The highest BCUT2D eigenvalue weighted by atomic mass is 32.1. The Labute approximate surface area is 149 Å². The minimum absolute atomic E-state index is 0.0884. The zero-order valence-corrected chi connectivity index (χ0v) is 14.7. The Hall–Kier alpha value is -2.67. The molecule has 1 aliphatic rings. The van der Waals surface area contributed by atoms with Gasteiger partial charge in [-0.05, 0) is 55.2 Å². The van der Waals surface area contributed by atoms with E-state index in [0.717, 1.165) is 19.3 Å². The van der Waals surface area contributed by atoms with Crippen molar-refractivity contribution < 1.29 is 14.4 Å². The number of fused-ring (bicyclic) bond motifs is 1. The number of amides is 3. The summed E-state index contributed by atoms with van der Waals surface area (Å²) >= 11 is 1.51. The van der Waals surface area contributed by atoms with Crippen LogP contribution in [0.2, 0.25) is 0 Å². The van der Waals surface area contributed by atoms with E-state index in [1.165, 1.54) is 28.7 Å². The second kappa shape index (κ2) is 7.48. The third-order valence-electron chi connectivity index (χ3n) is 3.87. The summed E-state index contributed by atoms with van der Waals surface area (Å²) in [5.41, 5.74) is 2.52. The monoisotopic (exact) mass is 357 g/mol. The summed E-state index contributed by atoms with van der Waals surface area (Å²) in [6.45, 7) is 1.34. The van der Waals surface area contributed by atoms with Crippen molar-refractivity contribution in [2.45, 2.75) is 26.2 Å². The lowest BCUT2D eigenvalue weighted by Crippen LogP contribution is -2.32. The number of thiophene rings is 1. The minimum Gasteiger partial charge on any atom is -0.342 e. The quantitative estimate of drug-likeness (QED) is 0.768. The first-order valence-corrected chi connectivity index (χ1v) is 8.90. The Morgan fingerprint density at radius 3 is 2.36 bits per heavy atom. The predicted octanol–water partition coefficient (Wildman–Crippen LogP) is 2.56. The molecule has 0 radical (unpaired) electrons. The summed E-state index contributed by atoms with van der Waals surface area (Å²) in [7, 11) is 0. The van der Waals surface area contributed by atoms with E-state index in [-0.39, 0.29) is 24.3 Å². The average molecular weight is 357 g/mol. The molecule has 3 N–H and O–H groups in total. The van der Waals surface area contributed by atoms with Gasteiger partial charge >= 0.3 is 0 Å². The number of rotatable bonds is 5. The van der Waals surface area contributed by atoms with Gasteiger partial charge in [0.1, 0.15) is 0 Å². The summed E-state index contributed by atoms with van der Waals surface area (Å²) < 4.78 is 0. The van der Waals surface area contributed by atoms with Crippen LogP contribution in [0.25, 0.3) is 0 Å². The van der Waals surface area contributed by atoms with Gasteiger partial charge in [0.25, 0.3) is 5.91 Å². The molecular formula is C18H19N3O3S. The van der Waals surface area contributed by atoms with Gasteiger partial charge in [0.05, 0.1) is 11.4 Å². The van der Waals surface area contributed by atoms with Crippen LogP contribution < -0.4 is 16.0 Å². The Bertz CT molecular complexity index is 790. The molecule has 1 aliphatic carbocycles. The van der Waals surface area contributed by atoms with Crippen LogP contribution in [0.5, 0.6) is 0 Å². The van der Waals surface area contributed by atoms with Gasteiger partial charge in [0.15, 0.2) is 0 Å². The van der Waals surface area contributed by atoms with Crippen LogP contribution in [0.3, 0.4) is 0 Å². The fraction of sp³-hybridized carbons (Fsp3) is 0.278. The first-order chi connectivity index (χ1) is 12.0. The Morgan fingerprint density at radius 1 is 1.04 bits per heavy atom. The van der Waals surface area contributed by atoms with E-state index in [0.29, 0.717) is 16.3 Å². The SMILES string of the molecule is CC(=O)Nc1ccc(NC(=O)CNC(=O)c2cc3c(s2)CCC3)cc1. The predicted molar refractivity (Wildman–Crippen MR) is 98.1 cm³/mol. The van der Waals surface area contributed by atoms with E-state index in [4.69, 9.17) is 0 Å². The Morgan fingerprint density at radius 2 is 1.72 bits per heavy atom. The maximum Gasteiger partial charge on any atom is 0.261 e. The van der Waals surface area contributed by atoms with Crippen molar-refractivity contribution in [1.29, 1.82) is 0 Å². The number of carbonyl (C=O) groups is 3. The van der Waals surface area contributed by atoms with Crippen LogP contribution in [0.15, 0.2) is 30.3 Å². The van der Waals surface area contributed by atoms with Crippen molar-refractivity contribution in [2.75, 3.05) is 17.2 Å². The molecule has 3 rings (SSSR count). The van der Waals surface area contributed by atoms with E-state index in [9.17, 15) is 14.4 Å². The number of nitrogens with one attached hydrogen (secondary N) is 3. The summed E-state index contributed by atoms with van der Waals surface area (Å²) in [5, 5.41) is 8.01. The van der Waals surface area contributed by atoms with E-state index >= 15 is 0 Å². The molecule has 6 nitrogen and oxygen atoms in total. The van der Waals surface area contributed by atoms with Crippen LogP contribution in [0.1, 0.15) is 33.5 Å². The maximum atomic E-state index is 12.1. The van der Waals surface area contributed by atoms with Gasteiger partial charge in [0, 0.05) is 23.2 Å². The normalized spacial score (nSPS) is 12.4. The van der Waals surface area contributed by atoms with Gasteiger partial charge in [0.2, 0.25) is 11.8 Å². The number of anilines is 2. The zero-order chi connectivity index (χ0) is 17.8. The minimum atomic E-state index is -0.301. The van der Waals surface area contributed by atoms with Crippen molar-refractivity contribution in [2.24, 2.45) is 0 Å². The molecule has 7 heteroatoms. The fourth-order valence-electron chi connectivity index (χ4n) is 2.73. The van der Waals surface area contributed by atoms with Crippen LogP contribution in [0, 0.1) is 0 Å². The second-order valence-electron chi connectivity index (χ2n) is 5.90. The van der Waals surface area contributed by atoms with Crippen LogP contribution in [-0.4, -0.2) is 24.3 Å². The van der Waals surface area contributed by atoms with Gasteiger partial charge in [-0.1, -0.05) is 0 Å². The molecule has 0 atom stereocenters. The number of hydrogen-bond acceptors (Lipinski definition) is 4. The third kappa shape index (κ3) is 4.45. The lowest BCUT2D eigenvalue weighted by atomic mass is 10.2. The molecule has 1 aromatic carbocycles. The first-order valence-electron chi connectivity index (χ1n) is 8.08. The molecule has 25 heavy (non-hydrogen) atoms. The second-order valence-corrected chi connectivity index (χ2v) is 7.04. The number of aryl methyl sites for hydroxylation is 2. The highest BCUT2D eigenvalue weighted by Gasteiger charge is 2.18. The van der Waals surface area contributed by atoms with Gasteiger partial charge in [-0.2, -0.15) is 0 Å². The highest BCUT2D eigenvalue weighted by molar-refractivity contribution is 7.14. The molecule has 0 saturated carbocycles. The summed E-state index contributed by atoms with van der Waals surface area (Å²) in [6.07, 6.45) is 3.24. The van der Waals surface area contributed by atoms with E-state index in [1.54, 1.807) is 24.3 Å². The molecule has 0 saturated heterocycles. The van der Waals surface area contributed by atoms with Crippen LogP contribution in [0.4, 0.5) is 11.4 Å². The van der Waals surface area contributed by atoms with Crippen LogP contribution in [-0.2, 0) is 22.4 Å². The fourth-order valence-corrected chi connectivity index (χ4v) is 3.90. The molecule has 0 aliphatic heterocycles. The average Bonchev–Trinajstić information content (AvgIpc) is 3.15. The van der Waals surface area contributed by atoms with Crippen LogP contribution >= 0.6 is 11.3 Å². The largest absolute Gasteiger partial charge is 0.342 e. The van der Waals surface area contributed by atoms with Gasteiger partial charge in [-0.15, -0.1) is 11.3 Å². The standard InChI is InChI=1S/C18H19N3O3S/c1-11(22)20-13-5-7-14(8-6-13)21-17(23)10-19-18(24)16-9-12-3-2-4-15(12)25-16/h5-9H,2-4,10H2,1H3,(H,19,24)(H,20,22)(H,21,23). The van der Waals surface area contributed by atoms with Gasteiger partial charge in [-0.3, -0.25) is 14.4 Å². The molecule has 0 bridgehead atoms. The lowest BCUT2D eigenvalue weighted by molar-refractivity contribution is -0.115. The molecular weight excluding hydrogens is 338 g/mol. The molecule has 3 amide bonds. The van der Waals surface area contributed by atoms with E-state index < -0.39 is 0 Å². The topological polar surface area (TPSA) is 87.3 Å². The van der Waals surface area contributed by atoms with Crippen molar-refractivity contribution in [3.8, 4) is 0 Å². The number of benzene rings is 1. The zero-order valence-electron chi connectivity index (χ0n) is 13.8. The summed E-state index contributed by atoms with van der Waals surface area (Å²) in [5.74, 6) is -0.667. The summed E-state index contributed by atoms with van der Waals surface area (Å²) in [4.78, 5) is 37.0. The van der Waals surface area contributed by atoms with Crippen molar-refractivity contribution >= 4 is 40.4 Å².